The molecule has 0 radical (unpaired) electrons. The van der Waals surface area contributed by atoms with E-state index in [2.05, 4.69) is 25.9 Å². The van der Waals surface area contributed by atoms with Gasteiger partial charge in [-0.15, -0.1) is 0 Å². The summed E-state index contributed by atoms with van der Waals surface area (Å²) in [5.41, 5.74) is 1.54. The van der Waals surface area contributed by atoms with Crippen molar-refractivity contribution < 1.29 is 4.79 Å². The molecular weight excluding hydrogens is 385 g/mol. The molecule has 2 rings (SSSR count). The number of rotatable bonds is 8. The number of carbonyl (C=O) groups is 1. The molecule has 0 aliphatic carbocycles. The van der Waals surface area contributed by atoms with Crippen molar-refractivity contribution in [3.05, 3.63) is 63.9 Å². The van der Waals surface area contributed by atoms with Crippen molar-refractivity contribution in [3.8, 4) is 0 Å². The lowest BCUT2D eigenvalue weighted by Crippen LogP contribution is -2.41. The molecule has 1 aromatic carbocycles. The number of amides is 1. The number of hydrogen-bond acceptors (Lipinski definition) is 3. The van der Waals surface area contributed by atoms with E-state index in [1.165, 1.54) is 0 Å². The molecule has 0 saturated carbocycles. The standard InChI is InChI=1S/C19H23Cl2N5O/c1-2-22-19(24-10-9-14-7-8-17(21)26-13-14)25-12-11-23-18(27)15-5-3-4-6-16(15)20/h3-8,13H,2,9-12H2,1H3,(H,23,27)(H2,22,24,25). The Morgan fingerprint density at radius 1 is 1.07 bits per heavy atom. The highest BCUT2D eigenvalue weighted by atomic mass is 35.5. The van der Waals surface area contributed by atoms with E-state index in [0.29, 0.717) is 41.3 Å². The molecule has 8 heteroatoms. The molecule has 3 N–H and O–H groups in total. The zero-order valence-corrected chi connectivity index (χ0v) is 16.6. The number of nitrogens with zero attached hydrogens (tertiary/aromatic N) is 2. The van der Waals surface area contributed by atoms with Gasteiger partial charge in [-0.25, -0.2) is 4.98 Å². The summed E-state index contributed by atoms with van der Waals surface area (Å²) in [5.74, 6) is 0.506. The van der Waals surface area contributed by atoms with Crippen LogP contribution in [-0.2, 0) is 6.42 Å². The van der Waals surface area contributed by atoms with Crippen molar-refractivity contribution >= 4 is 35.1 Å². The first-order valence-electron chi connectivity index (χ1n) is 8.75. The lowest BCUT2D eigenvalue weighted by molar-refractivity contribution is 0.0954. The van der Waals surface area contributed by atoms with E-state index in [1.54, 1.807) is 36.5 Å². The van der Waals surface area contributed by atoms with Crippen LogP contribution >= 0.6 is 23.2 Å². The molecule has 0 spiro atoms. The average Bonchev–Trinajstić information content (AvgIpc) is 2.67. The largest absolute Gasteiger partial charge is 0.357 e. The molecule has 0 bridgehead atoms. The summed E-state index contributed by atoms with van der Waals surface area (Å²) >= 11 is 11.8. The Balaban J connectivity index is 1.75. The van der Waals surface area contributed by atoms with E-state index in [-0.39, 0.29) is 5.91 Å². The molecule has 1 amide bonds. The second-order valence-corrected chi connectivity index (χ2v) is 6.46. The van der Waals surface area contributed by atoms with Crippen molar-refractivity contribution in [1.82, 2.24) is 20.9 Å². The lowest BCUT2D eigenvalue weighted by Gasteiger charge is -2.12. The van der Waals surface area contributed by atoms with E-state index in [1.807, 2.05) is 13.0 Å². The average molecular weight is 408 g/mol. The first-order chi connectivity index (χ1) is 13.1. The van der Waals surface area contributed by atoms with Crippen LogP contribution in [0.25, 0.3) is 0 Å². The van der Waals surface area contributed by atoms with Crippen LogP contribution in [0.3, 0.4) is 0 Å². The molecule has 0 aliphatic rings. The minimum Gasteiger partial charge on any atom is -0.357 e. The quantitative estimate of drug-likeness (QED) is 0.272. The van der Waals surface area contributed by atoms with Gasteiger partial charge in [-0.1, -0.05) is 41.4 Å². The number of aliphatic imine (C=N–C) groups is 1. The minimum absolute atomic E-state index is 0.195. The highest BCUT2D eigenvalue weighted by Gasteiger charge is 2.08. The van der Waals surface area contributed by atoms with Gasteiger partial charge in [-0.05, 0) is 37.1 Å². The van der Waals surface area contributed by atoms with Gasteiger partial charge in [0.1, 0.15) is 5.15 Å². The van der Waals surface area contributed by atoms with Crippen molar-refractivity contribution in [1.29, 1.82) is 0 Å². The summed E-state index contributed by atoms with van der Waals surface area (Å²) in [5, 5.41) is 10.1. The van der Waals surface area contributed by atoms with E-state index in [0.717, 1.165) is 18.5 Å². The normalized spacial score (nSPS) is 11.1. The number of halogens is 2. The van der Waals surface area contributed by atoms with Crippen LogP contribution in [0.15, 0.2) is 47.6 Å². The number of carbonyl (C=O) groups excluding carboxylic acids is 1. The van der Waals surface area contributed by atoms with Gasteiger partial charge in [0.15, 0.2) is 5.96 Å². The molecule has 144 valence electrons. The van der Waals surface area contributed by atoms with Gasteiger partial charge >= 0.3 is 0 Å². The van der Waals surface area contributed by atoms with E-state index >= 15 is 0 Å². The second-order valence-electron chi connectivity index (χ2n) is 5.66. The predicted octanol–water partition coefficient (Wildman–Crippen LogP) is 2.92. The Morgan fingerprint density at radius 2 is 1.85 bits per heavy atom. The number of aromatic nitrogens is 1. The molecule has 0 fully saturated rings. The third-order valence-electron chi connectivity index (χ3n) is 3.62. The summed E-state index contributed by atoms with van der Waals surface area (Å²) in [6.07, 6.45) is 2.52. The van der Waals surface area contributed by atoms with Gasteiger partial charge in [-0.3, -0.25) is 9.79 Å². The fourth-order valence-electron chi connectivity index (χ4n) is 2.29. The van der Waals surface area contributed by atoms with E-state index in [4.69, 9.17) is 23.2 Å². The summed E-state index contributed by atoms with van der Waals surface area (Å²) < 4.78 is 0. The van der Waals surface area contributed by atoms with E-state index in [9.17, 15) is 4.79 Å². The molecule has 27 heavy (non-hydrogen) atoms. The molecule has 0 aliphatic heterocycles. The van der Waals surface area contributed by atoms with Crippen LogP contribution in [0.2, 0.25) is 10.2 Å². The topological polar surface area (TPSA) is 78.4 Å². The highest BCUT2D eigenvalue weighted by Crippen LogP contribution is 2.14. The van der Waals surface area contributed by atoms with Gasteiger partial charge in [0.2, 0.25) is 0 Å². The van der Waals surface area contributed by atoms with Gasteiger partial charge in [-0.2, -0.15) is 0 Å². The van der Waals surface area contributed by atoms with Gasteiger partial charge in [0.05, 0.1) is 10.6 Å². The molecule has 0 unspecified atom stereocenters. The zero-order chi connectivity index (χ0) is 19.5. The first-order valence-corrected chi connectivity index (χ1v) is 9.51. The Hall–Kier alpha value is -2.31. The maximum atomic E-state index is 12.1. The number of guanidine groups is 1. The number of pyridine rings is 1. The van der Waals surface area contributed by atoms with Gasteiger partial charge in [0.25, 0.3) is 5.91 Å². The smallest absolute Gasteiger partial charge is 0.252 e. The Bertz CT molecular complexity index is 765. The zero-order valence-electron chi connectivity index (χ0n) is 15.1. The molecule has 1 heterocycles. The fraction of sp³-hybridized carbons (Fsp3) is 0.316. The van der Waals surface area contributed by atoms with Crippen LogP contribution in [0, 0.1) is 0 Å². The maximum absolute atomic E-state index is 12.1. The predicted molar refractivity (Wildman–Crippen MR) is 111 cm³/mol. The monoisotopic (exact) mass is 407 g/mol. The Morgan fingerprint density at radius 3 is 2.56 bits per heavy atom. The number of benzene rings is 1. The van der Waals surface area contributed by atoms with Crippen molar-refractivity contribution in [2.24, 2.45) is 4.99 Å². The SMILES string of the molecule is CCNC(=NCCc1ccc(Cl)nc1)NCCNC(=O)c1ccccc1Cl. The molecule has 0 saturated heterocycles. The third kappa shape index (κ3) is 7.45. The van der Waals surface area contributed by atoms with Gasteiger partial charge in [0, 0.05) is 32.4 Å². The van der Waals surface area contributed by atoms with Crippen LogP contribution in [0.1, 0.15) is 22.8 Å². The number of hydrogen-bond donors (Lipinski definition) is 3. The second kappa shape index (κ2) is 11.4. The van der Waals surface area contributed by atoms with Crippen LogP contribution in [0.5, 0.6) is 0 Å². The minimum atomic E-state index is -0.195. The third-order valence-corrected chi connectivity index (χ3v) is 4.18. The first kappa shape index (κ1) is 21.0. The maximum Gasteiger partial charge on any atom is 0.252 e. The Kier molecular flexibility index (Phi) is 8.87. The summed E-state index contributed by atoms with van der Waals surface area (Å²) in [6.45, 7) is 4.37. The Labute approximate surface area is 169 Å². The number of nitrogens with one attached hydrogen (secondary N) is 3. The molecule has 0 atom stereocenters. The van der Waals surface area contributed by atoms with Crippen LogP contribution in [0.4, 0.5) is 0 Å². The molecule has 1 aromatic heterocycles. The highest BCUT2D eigenvalue weighted by molar-refractivity contribution is 6.33. The lowest BCUT2D eigenvalue weighted by atomic mass is 10.2. The summed E-state index contributed by atoms with van der Waals surface area (Å²) in [4.78, 5) is 20.7. The van der Waals surface area contributed by atoms with Gasteiger partial charge < -0.3 is 16.0 Å². The fourth-order valence-corrected chi connectivity index (χ4v) is 2.62. The molecular formula is C19H23Cl2N5O. The van der Waals surface area contributed by atoms with Crippen molar-refractivity contribution in [2.45, 2.75) is 13.3 Å². The van der Waals surface area contributed by atoms with Crippen LogP contribution < -0.4 is 16.0 Å². The summed E-state index contributed by atoms with van der Waals surface area (Å²) in [6, 6.07) is 10.7. The van der Waals surface area contributed by atoms with Crippen molar-refractivity contribution in [3.63, 3.8) is 0 Å². The summed E-state index contributed by atoms with van der Waals surface area (Å²) in [7, 11) is 0. The van der Waals surface area contributed by atoms with Crippen molar-refractivity contribution in [2.75, 3.05) is 26.2 Å². The molecule has 2 aromatic rings. The van der Waals surface area contributed by atoms with E-state index < -0.39 is 0 Å². The van der Waals surface area contributed by atoms with Crippen LogP contribution in [-0.4, -0.2) is 43.0 Å². The molecule has 6 nitrogen and oxygen atoms in total.